The highest BCUT2D eigenvalue weighted by atomic mass is 79.9. The van der Waals surface area contributed by atoms with Gasteiger partial charge in [0.15, 0.2) is 0 Å². The van der Waals surface area contributed by atoms with Crippen molar-refractivity contribution in [3.63, 3.8) is 0 Å². The lowest BCUT2D eigenvalue weighted by molar-refractivity contribution is -0.121. The van der Waals surface area contributed by atoms with Crippen molar-refractivity contribution in [2.45, 2.75) is 11.4 Å². The van der Waals surface area contributed by atoms with E-state index in [-0.39, 0.29) is 16.5 Å². The quantitative estimate of drug-likeness (QED) is 0.327. The summed E-state index contributed by atoms with van der Waals surface area (Å²) in [6.45, 7) is -0.539. The Morgan fingerprint density at radius 1 is 1.06 bits per heavy atom. The molecule has 0 fully saturated rings. The van der Waals surface area contributed by atoms with Crippen LogP contribution in [-0.2, 0) is 21.4 Å². The number of amides is 1. The fourth-order valence-electron chi connectivity index (χ4n) is 2.65. The summed E-state index contributed by atoms with van der Waals surface area (Å²) in [6.07, 6.45) is 4.62. The van der Waals surface area contributed by atoms with Gasteiger partial charge in [0.2, 0.25) is 10.0 Å². The Balaban J connectivity index is 1.82. The van der Waals surface area contributed by atoms with Crippen LogP contribution in [0.1, 0.15) is 11.1 Å². The molecule has 0 atom stereocenters. The van der Waals surface area contributed by atoms with Gasteiger partial charge in [-0.05, 0) is 59.7 Å². The van der Waals surface area contributed by atoms with Crippen molar-refractivity contribution in [3.05, 3.63) is 92.6 Å². The topological polar surface area (TPSA) is 91.7 Å². The molecule has 0 bridgehead atoms. The zero-order valence-electron chi connectivity index (χ0n) is 16.5. The summed E-state index contributed by atoms with van der Waals surface area (Å²) in [5.74, 6) is -0.601. The van der Waals surface area contributed by atoms with Gasteiger partial charge in [-0.2, -0.15) is 9.41 Å². The lowest BCUT2D eigenvalue weighted by Gasteiger charge is -2.22. The molecule has 11 heteroatoms. The summed E-state index contributed by atoms with van der Waals surface area (Å²) < 4.78 is 28.3. The molecule has 0 saturated heterocycles. The number of hydrogen-bond donors (Lipinski definition) is 1. The van der Waals surface area contributed by atoms with E-state index in [2.05, 4.69) is 31.4 Å². The molecule has 0 spiro atoms. The first kappa shape index (κ1) is 24.3. The second-order valence-electron chi connectivity index (χ2n) is 6.55. The highest BCUT2D eigenvalue weighted by molar-refractivity contribution is 9.10. The smallest absolute Gasteiger partial charge is 0.255 e. The number of sulfonamides is 1. The van der Waals surface area contributed by atoms with Crippen molar-refractivity contribution in [2.75, 3.05) is 6.54 Å². The van der Waals surface area contributed by atoms with Gasteiger partial charge in [0.05, 0.1) is 27.7 Å². The van der Waals surface area contributed by atoms with E-state index in [0.29, 0.717) is 10.6 Å². The number of nitrogens with zero attached hydrogens (tertiary/aromatic N) is 3. The second kappa shape index (κ2) is 11.0. The minimum Gasteiger partial charge on any atom is -0.272 e. The molecular weight excluding hydrogens is 539 g/mol. The molecule has 32 heavy (non-hydrogen) atoms. The number of hydrazone groups is 1. The summed E-state index contributed by atoms with van der Waals surface area (Å²) >= 11 is 15.3. The molecule has 0 aliphatic rings. The average Bonchev–Trinajstić information content (AvgIpc) is 2.77. The summed E-state index contributed by atoms with van der Waals surface area (Å²) in [5.41, 5.74) is 3.66. The normalized spacial score (nSPS) is 11.8. The molecule has 1 amide bonds. The number of carbonyl (C=O) groups excluding carboxylic acids is 1. The van der Waals surface area contributed by atoms with Crippen molar-refractivity contribution in [1.29, 1.82) is 0 Å². The van der Waals surface area contributed by atoms with Crippen LogP contribution < -0.4 is 5.43 Å². The Morgan fingerprint density at radius 2 is 1.75 bits per heavy atom. The number of carbonyl (C=O) groups is 1. The fraction of sp³-hybridized carbons (Fsp3) is 0.0952. The van der Waals surface area contributed by atoms with Gasteiger partial charge in [-0.1, -0.05) is 45.2 Å². The van der Waals surface area contributed by atoms with Gasteiger partial charge < -0.3 is 0 Å². The Labute approximate surface area is 204 Å². The van der Waals surface area contributed by atoms with Crippen molar-refractivity contribution >= 4 is 61.3 Å². The third-order valence-corrected chi connectivity index (χ3v) is 7.30. The molecule has 3 aromatic rings. The molecule has 0 aliphatic heterocycles. The van der Waals surface area contributed by atoms with E-state index in [1.165, 1.54) is 18.3 Å². The van der Waals surface area contributed by atoms with Crippen LogP contribution in [0.5, 0.6) is 0 Å². The molecule has 7 nitrogen and oxygen atoms in total. The van der Waals surface area contributed by atoms with E-state index in [1.54, 1.807) is 54.9 Å². The van der Waals surface area contributed by atoms with Crippen molar-refractivity contribution in [2.24, 2.45) is 5.10 Å². The third-order valence-electron chi connectivity index (χ3n) is 4.22. The zero-order chi connectivity index (χ0) is 23.1. The van der Waals surface area contributed by atoms with Crippen LogP contribution in [0.25, 0.3) is 0 Å². The average molecular weight is 556 g/mol. The van der Waals surface area contributed by atoms with Crippen LogP contribution in [0.2, 0.25) is 10.0 Å². The molecule has 0 unspecified atom stereocenters. The summed E-state index contributed by atoms with van der Waals surface area (Å²) in [5, 5.41) is 4.51. The van der Waals surface area contributed by atoms with Gasteiger partial charge in [-0.25, -0.2) is 13.8 Å². The molecule has 1 aromatic heterocycles. The maximum absolute atomic E-state index is 13.3. The number of hydrogen-bond acceptors (Lipinski definition) is 5. The molecule has 1 N–H and O–H groups in total. The first-order valence-electron chi connectivity index (χ1n) is 9.17. The molecule has 0 saturated carbocycles. The maximum Gasteiger partial charge on any atom is 0.255 e. The van der Waals surface area contributed by atoms with E-state index in [4.69, 9.17) is 23.2 Å². The van der Waals surface area contributed by atoms with Gasteiger partial charge in [0, 0.05) is 23.4 Å². The predicted octanol–water partition coefficient (Wildman–Crippen LogP) is 4.49. The minimum atomic E-state index is -4.00. The molecule has 166 valence electrons. The first-order valence-corrected chi connectivity index (χ1v) is 12.2. The van der Waals surface area contributed by atoms with Gasteiger partial charge >= 0.3 is 0 Å². The Kier molecular flexibility index (Phi) is 8.38. The highest BCUT2D eigenvalue weighted by Gasteiger charge is 2.27. The molecule has 2 aromatic carbocycles. The number of benzene rings is 2. The van der Waals surface area contributed by atoms with Gasteiger partial charge in [-0.15, -0.1) is 0 Å². The van der Waals surface area contributed by atoms with Crippen LogP contribution >= 0.6 is 39.1 Å². The monoisotopic (exact) mass is 554 g/mol. The van der Waals surface area contributed by atoms with Crippen LogP contribution in [0.3, 0.4) is 0 Å². The first-order chi connectivity index (χ1) is 15.3. The number of nitrogens with one attached hydrogen (secondary N) is 1. The number of halogens is 3. The Bertz CT molecular complexity index is 1220. The summed E-state index contributed by atoms with van der Waals surface area (Å²) in [6, 6.07) is 14.4. The second-order valence-corrected chi connectivity index (χ2v) is 10.2. The number of pyridine rings is 1. The lowest BCUT2D eigenvalue weighted by atomic mass is 10.2. The van der Waals surface area contributed by atoms with E-state index < -0.39 is 22.5 Å². The SMILES string of the molecule is O=C(CN(Cc1ccc(Cl)c(Cl)c1)S(=O)(=O)c1ccc(Br)cc1)N/N=C/c1ccncc1. The number of rotatable bonds is 8. The predicted molar refractivity (Wildman–Crippen MR) is 128 cm³/mol. The van der Waals surface area contributed by atoms with Crippen LogP contribution in [0.15, 0.2) is 81.5 Å². The molecule has 3 rings (SSSR count). The van der Waals surface area contributed by atoms with E-state index >= 15 is 0 Å². The van der Waals surface area contributed by atoms with Crippen LogP contribution in [-0.4, -0.2) is 36.4 Å². The van der Waals surface area contributed by atoms with Crippen molar-refractivity contribution in [3.8, 4) is 0 Å². The third kappa shape index (κ3) is 6.60. The van der Waals surface area contributed by atoms with E-state index in [1.807, 2.05) is 0 Å². The van der Waals surface area contributed by atoms with Gasteiger partial charge in [-0.3, -0.25) is 9.78 Å². The summed E-state index contributed by atoms with van der Waals surface area (Å²) in [7, 11) is -4.00. The zero-order valence-corrected chi connectivity index (χ0v) is 20.4. The van der Waals surface area contributed by atoms with Gasteiger partial charge in [0.25, 0.3) is 5.91 Å². The number of aromatic nitrogens is 1. The standard InChI is InChI=1S/C21H17BrCl2N4O3S/c22-17-2-4-18(5-3-17)32(30,31)28(13-16-1-6-19(23)20(24)11-16)14-21(29)27-26-12-15-7-9-25-10-8-15/h1-12H,13-14H2,(H,27,29)/b26-12+. The molecule has 1 heterocycles. The van der Waals surface area contributed by atoms with E-state index in [0.717, 1.165) is 14.3 Å². The van der Waals surface area contributed by atoms with Crippen LogP contribution in [0, 0.1) is 0 Å². The van der Waals surface area contributed by atoms with Crippen molar-refractivity contribution in [1.82, 2.24) is 14.7 Å². The van der Waals surface area contributed by atoms with E-state index in [9.17, 15) is 13.2 Å². The fourth-order valence-corrected chi connectivity index (χ4v) is 4.62. The van der Waals surface area contributed by atoms with Crippen LogP contribution in [0.4, 0.5) is 0 Å². The summed E-state index contributed by atoms with van der Waals surface area (Å²) in [4.78, 5) is 16.4. The van der Waals surface area contributed by atoms with Gasteiger partial charge in [0.1, 0.15) is 0 Å². The molecule has 0 aliphatic carbocycles. The highest BCUT2D eigenvalue weighted by Crippen LogP contribution is 2.25. The Hall–Kier alpha value is -2.30. The largest absolute Gasteiger partial charge is 0.272 e. The lowest BCUT2D eigenvalue weighted by Crippen LogP contribution is -2.39. The molecule has 0 radical (unpaired) electrons. The maximum atomic E-state index is 13.3. The van der Waals surface area contributed by atoms with Crippen molar-refractivity contribution < 1.29 is 13.2 Å². The molecular formula is C21H17BrCl2N4O3S. The Morgan fingerprint density at radius 3 is 2.41 bits per heavy atom. The minimum absolute atomic E-state index is 0.0499.